The van der Waals surface area contributed by atoms with Gasteiger partial charge in [-0.15, -0.1) is 11.6 Å². The smallest absolute Gasteiger partial charge is 0.239 e. The topological polar surface area (TPSA) is 49.3 Å². The van der Waals surface area contributed by atoms with E-state index in [2.05, 4.69) is 17.2 Å². The molecule has 1 amide bonds. The molecule has 0 saturated carbocycles. The molecule has 15 heavy (non-hydrogen) atoms. The van der Waals surface area contributed by atoms with Gasteiger partial charge in [0.05, 0.1) is 0 Å². The molecule has 0 aromatic heterocycles. The number of anilines is 1. The van der Waals surface area contributed by atoms with Crippen molar-refractivity contribution in [1.29, 1.82) is 0 Å². The Bertz CT molecular complexity index is 389. The number of amides is 1. The Morgan fingerprint density at radius 2 is 2.07 bits per heavy atom. The van der Waals surface area contributed by atoms with Gasteiger partial charge in [0.25, 0.3) is 0 Å². The molecule has 0 atom stereocenters. The lowest BCUT2D eigenvalue weighted by Crippen LogP contribution is -2.12. The molecular formula is C11H10ClNO2. The predicted molar refractivity (Wildman–Crippen MR) is 59.8 cm³/mol. The molecule has 0 unspecified atom stereocenters. The van der Waals surface area contributed by atoms with Gasteiger partial charge in [0, 0.05) is 11.3 Å². The number of nitrogens with one attached hydrogen (secondary N) is 1. The van der Waals surface area contributed by atoms with Crippen LogP contribution in [0.1, 0.15) is 5.56 Å². The first-order valence-corrected chi connectivity index (χ1v) is 4.85. The highest BCUT2D eigenvalue weighted by molar-refractivity contribution is 6.29. The van der Waals surface area contributed by atoms with Crippen LogP contribution in [0, 0.1) is 11.8 Å². The average Bonchev–Trinajstić information content (AvgIpc) is 2.28. The van der Waals surface area contributed by atoms with Crippen LogP contribution in [0.5, 0.6) is 0 Å². The van der Waals surface area contributed by atoms with E-state index in [1.807, 2.05) is 0 Å². The van der Waals surface area contributed by atoms with Gasteiger partial charge in [-0.05, 0) is 24.3 Å². The number of carbonyl (C=O) groups excluding carboxylic acids is 1. The fourth-order valence-electron chi connectivity index (χ4n) is 0.973. The highest BCUT2D eigenvalue weighted by Crippen LogP contribution is 2.08. The number of rotatable bonds is 2. The second-order valence-corrected chi connectivity index (χ2v) is 2.99. The molecule has 2 N–H and O–H groups in total. The summed E-state index contributed by atoms with van der Waals surface area (Å²) in [5.74, 6) is 4.98. The molecule has 0 heterocycles. The van der Waals surface area contributed by atoms with Gasteiger partial charge < -0.3 is 10.4 Å². The summed E-state index contributed by atoms with van der Waals surface area (Å²) in [4.78, 5) is 10.9. The molecule has 1 aromatic carbocycles. The molecule has 0 saturated heterocycles. The molecule has 78 valence electrons. The van der Waals surface area contributed by atoms with Gasteiger partial charge in [-0.3, -0.25) is 4.79 Å². The summed E-state index contributed by atoms with van der Waals surface area (Å²) in [5.41, 5.74) is 1.46. The van der Waals surface area contributed by atoms with Crippen molar-refractivity contribution in [3.63, 3.8) is 0 Å². The Kier molecular flexibility index (Phi) is 4.69. The largest absolute Gasteiger partial charge is 0.384 e. The highest BCUT2D eigenvalue weighted by Gasteiger charge is 1.98. The number of aliphatic hydroxyl groups excluding tert-OH is 1. The van der Waals surface area contributed by atoms with Gasteiger partial charge >= 0.3 is 0 Å². The van der Waals surface area contributed by atoms with Crippen molar-refractivity contribution in [1.82, 2.24) is 0 Å². The summed E-state index contributed by atoms with van der Waals surface area (Å²) in [6.45, 7) is -0.162. The number of alkyl halides is 1. The summed E-state index contributed by atoms with van der Waals surface area (Å²) in [5, 5.41) is 11.1. The van der Waals surface area contributed by atoms with Gasteiger partial charge in [0.2, 0.25) is 5.91 Å². The monoisotopic (exact) mass is 223 g/mol. The summed E-state index contributed by atoms with van der Waals surface area (Å²) in [6, 6.07) is 6.97. The van der Waals surface area contributed by atoms with Crippen molar-refractivity contribution in [2.75, 3.05) is 17.8 Å². The normalized spacial score (nSPS) is 8.93. The lowest BCUT2D eigenvalue weighted by Gasteiger charge is -2.01. The standard InChI is InChI=1S/C11H10ClNO2/c12-8-11(15)13-10-5-3-9(4-6-10)2-1-7-14/h3-6,14H,7-8H2,(H,13,15). The van der Waals surface area contributed by atoms with Crippen LogP contribution in [-0.4, -0.2) is 23.5 Å². The van der Waals surface area contributed by atoms with Crippen LogP contribution in [0.15, 0.2) is 24.3 Å². The van der Waals surface area contributed by atoms with Crippen LogP contribution in [0.3, 0.4) is 0 Å². The Morgan fingerprint density at radius 3 is 2.60 bits per heavy atom. The fraction of sp³-hybridized carbons (Fsp3) is 0.182. The summed E-state index contributed by atoms with van der Waals surface area (Å²) >= 11 is 5.34. The first kappa shape index (κ1) is 11.6. The number of benzene rings is 1. The Hall–Kier alpha value is -1.50. The Labute approximate surface area is 93.1 Å². The second-order valence-electron chi connectivity index (χ2n) is 2.72. The molecule has 0 fully saturated rings. The molecule has 0 radical (unpaired) electrons. The molecule has 0 aliphatic carbocycles. The van der Waals surface area contributed by atoms with E-state index in [1.54, 1.807) is 24.3 Å². The number of hydrogen-bond donors (Lipinski definition) is 2. The maximum absolute atomic E-state index is 10.9. The third kappa shape index (κ3) is 4.03. The fourth-order valence-corrected chi connectivity index (χ4v) is 1.04. The molecule has 1 aromatic rings. The minimum Gasteiger partial charge on any atom is -0.384 e. The molecule has 3 nitrogen and oxygen atoms in total. The van der Waals surface area contributed by atoms with Crippen molar-refractivity contribution >= 4 is 23.2 Å². The molecule has 4 heteroatoms. The number of hydrogen-bond acceptors (Lipinski definition) is 2. The molecule has 0 spiro atoms. The maximum atomic E-state index is 10.9. The third-order valence-electron chi connectivity index (χ3n) is 1.60. The Morgan fingerprint density at radius 1 is 1.40 bits per heavy atom. The van der Waals surface area contributed by atoms with E-state index < -0.39 is 0 Å². The van der Waals surface area contributed by atoms with Crippen LogP contribution in [-0.2, 0) is 4.79 Å². The zero-order chi connectivity index (χ0) is 11.1. The number of aliphatic hydroxyl groups is 1. The van der Waals surface area contributed by atoms with Crippen molar-refractivity contribution in [2.45, 2.75) is 0 Å². The van der Waals surface area contributed by atoms with Crippen LogP contribution in [0.25, 0.3) is 0 Å². The maximum Gasteiger partial charge on any atom is 0.239 e. The highest BCUT2D eigenvalue weighted by atomic mass is 35.5. The van der Waals surface area contributed by atoms with Crippen molar-refractivity contribution in [3.8, 4) is 11.8 Å². The first-order valence-electron chi connectivity index (χ1n) is 4.32. The second kappa shape index (κ2) is 6.07. The lowest BCUT2D eigenvalue weighted by atomic mass is 10.2. The van der Waals surface area contributed by atoms with E-state index in [1.165, 1.54) is 0 Å². The predicted octanol–water partition coefficient (Wildman–Crippen LogP) is 1.21. The van der Waals surface area contributed by atoms with Crippen LogP contribution >= 0.6 is 11.6 Å². The molecular weight excluding hydrogens is 214 g/mol. The van der Waals surface area contributed by atoms with Crippen molar-refractivity contribution in [2.24, 2.45) is 0 Å². The van der Waals surface area contributed by atoms with Crippen molar-refractivity contribution in [3.05, 3.63) is 29.8 Å². The molecule has 0 aliphatic heterocycles. The number of halogens is 1. The quantitative estimate of drug-likeness (QED) is 0.585. The number of carbonyl (C=O) groups is 1. The summed E-state index contributed by atoms with van der Waals surface area (Å²) in [7, 11) is 0. The van der Waals surface area contributed by atoms with Crippen LogP contribution in [0.4, 0.5) is 5.69 Å². The molecule has 1 rings (SSSR count). The van der Waals surface area contributed by atoms with Crippen LogP contribution < -0.4 is 5.32 Å². The van der Waals surface area contributed by atoms with E-state index in [-0.39, 0.29) is 18.4 Å². The minimum atomic E-state index is -0.245. The van der Waals surface area contributed by atoms with E-state index in [9.17, 15) is 4.79 Å². The average molecular weight is 224 g/mol. The zero-order valence-corrected chi connectivity index (χ0v) is 8.71. The van der Waals surface area contributed by atoms with Gasteiger partial charge in [-0.1, -0.05) is 11.8 Å². The third-order valence-corrected chi connectivity index (χ3v) is 1.84. The van der Waals surface area contributed by atoms with Gasteiger partial charge in [0.15, 0.2) is 0 Å². The van der Waals surface area contributed by atoms with E-state index in [0.717, 1.165) is 5.56 Å². The summed E-state index contributed by atoms with van der Waals surface area (Å²) < 4.78 is 0. The van der Waals surface area contributed by atoms with Crippen molar-refractivity contribution < 1.29 is 9.90 Å². The lowest BCUT2D eigenvalue weighted by molar-refractivity contribution is -0.113. The van der Waals surface area contributed by atoms with E-state index >= 15 is 0 Å². The summed E-state index contributed by atoms with van der Waals surface area (Å²) in [6.07, 6.45) is 0. The van der Waals surface area contributed by atoms with E-state index in [4.69, 9.17) is 16.7 Å². The molecule has 0 bridgehead atoms. The first-order chi connectivity index (χ1) is 7.26. The van der Waals surface area contributed by atoms with Gasteiger partial charge in [-0.2, -0.15) is 0 Å². The SMILES string of the molecule is O=C(CCl)Nc1ccc(C#CCO)cc1. The molecule has 0 aliphatic rings. The van der Waals surface area contributed by atoms with Gasteiger partial charge in [0.1, 0.15) is 12.5 Å². The van der Waals surface area contributed by atoms with Crippen LogP contribution in [0.2, 0.25) is 0 Å². The Balaban J connectivity index is 2.68. The van der Waals surface area contributed by atoms with Gasteiger partial charge in [-0.25, -0.2) is 0 Å². The minimum absolute atomic E-state index is 0.0634. The zero-order valence-electron chi connectivity index (χ0n) is 7.96. The van der Waals surface area contributed by atoms with E-state index in [0.29, 0.717) is 5.69 Å².